The van der Waals surface area contributed by atoms with Crippen molar-refractivity contribution in [1.29, 1.82) is 0 Å². The van der Waals surface area contributed by atoms with Crippen LogP contribution < -0.4 is 9.64 Å². The summed E-state index contributed by atoms with van der Waals surface area (Å²) >= 11 is 0.853. The first-order valence-electron chi connectivity index (χ1n) is 12.6. The van der Waals surface area contributed by atoms with E-state index in [9.17, 15) is 29.6 Å². The van der Waals surface area contributed by atoms with Crippen LogP contribution in [0.4, 0.5) is 10.8 Å². The highest BCUT2D eigenvalue weighted by Crippen LogP contribution is 2.44. The number of aliphatic hydroxyl groups is 1. The van der Waals surface area contributed by atoms with Crippen molar-refractivity contribution in [2.24, 2.45) is 0 Å². The van der Waals surface area contributed by atoms with E-state index in [0.717, 1.165) is 29.1 Å². The second kappa shape index (κ2) is 12.1. The fraction of sp³-hybridized carbons (Fsp3) is 0.286. The molecule has 0 radical (unpaired) electrons. The number of Topliss-reactive ketones (excluding diaryl/α,β-unsaturated/α-hetero) is 1. The number of nitro benzene ring substituents is 1. The number of aryl methyl sites for hydroxylation is 1. The minimum Gasteiger partial charge on any atom is -0.507 e. The topological polar surface area (TPSA) is 149 Å². The molecule has 0 aliphatic carbocycles. The lowest BCUT2D eigenvalue weighted by atomic mass is 9.95. The van der Waals surface area contributed by atoms with E-state index in [-0.39, 0.29) is 44.7 Å². The lowest BCUT2D eigenvalue weighted by molar-refractivity contribution is -0.384. The summed E-state index contributed by atoms with van der Waals surface area (Å²) in [7, 11) is 0. The number of hydrogen-bond acceptors (Lipinski definition) is 10. The Labute approximate surface area is 233 Å². The molecule has 1 amide bonds. The van der Waals surface area contributed by atoms with Crippen LogP contribution in [0.2, 0.25) is 0 Å². The summed E-state index contributed by atoms with van der Waals surface area (Å²) < 4.78 is 10.7. The van der Waals surface area contributed by atoms with E-state index in [1.807, 2.05) is 6.92 Å². The predicted molar refractivity (Wildman–Crippen MR) is 148 cm³/mol. The summed E-state index contributed by atoms with van der Waals surface area (Å²) in [6, 6.07) is 10.6. The van der Waals surface area contributed by atoms with Gasteiger partial charge >= 0.3 is 11.9 Å². The van der Waals surface area contributed by atoms with Crippen molar-refractivity contribution < 1.29 is 33.9 Å². The average Bonchev–Trinajstić information content (AvgIpc) is 3.45. The molecular weight excluding hydrogens is 538 g/mol. The van der Waals surface area contributed by atoms with Crippen LogP contribution in [0.15, 0.2) is 54.1 Å². The third-order valence-corrected chi connectivity index (χ3v) is 7.32. The van der Waals surface area contributed by atoms with Crippen molar-refractivity contribution in [3.8, 4) is 5.75 Å². The van der Waals surface area contributed by atoms with E-state index in [1.165, 1.54) is 24.3 Å². The monoisotopic (exact) mass is 565 g/mol. The van der Waals surface area contributed by atoms with Crippen LogP contribution >= 0.6 is 11.3 Å². The van der Waals surface area contributed by atoms with Gasteiger partial charge in [0.05, 0.1) is 35.4 Å². The van der Waals surface area contributed by atoms with Crippen LogP contribution in [0.25, 0.3) is 5.76 Å². The maximum Gasteiger partial charge on any atom is 0.350 e. The number of thiazole rings is 1. The zero-order chi connectivity index (χ0) is 29.0. The molecule has 1 aliphatic heterocycles. The lowest BCUT2D eigenvalue weighted by Crippen LogP contribution is -2.29. The quantitative estimate of drug-likeness (QED) is 0.0653. The standard InChI is InChI=1S/C28H27N3O8S/c1-4-6-14-39-20-12-10-17(11-13-20)23(32)21-22(18-8-7-9-19(15-18)31(36)37)30(26(34)24(21)33)28-29-16(3)25(40-28)27(35)38-5-2/h7-13,15,22,32H,4-6,14H2,1-3H3/b23-21+. The summed E-state index contributed by atoms with van der Waals surface area (Å²) in [5, 5.41) is 22.9. The minimum absolute atomic E-state index is 0.0119. The van der Waals surface area contributed by atoms with Gasteiger partial charge in [-0.2, -0.15) is 0 Å². The molecule has 0 saturated carbocycles. The summed E-state index contributed by atoms with van der Waals surface area (Å²) in [5.74, 6) is -2.51. The maximum atomic E-state index is 13.4. The van der Waals surface area contributed by atoms with Gasteiger partial charge in [0.25, 0.3) is 11.5 Å². The number of ketones is 1. The first-order valence-corrected chi connectivity index (χ1v) is 13.4. The Morgan fingerprint density at radius 1 is 1.18 bits per heavy atom. The molecule has 3 aromatic rings. The molecule has 0 spiro atoms. The summed E-state index contributed by atoms with van der Waals surface area (Å²) in [4.78, 5) is 55.7. The van der Waals surface area contributed by atoms with Gasteiger partial charge in [-0.15, -0.1) is 0 Å². The molecule has 40 heavy (non-hydrogen) atoms. The summed E-state index contributed by atoms with van der Waals surface area (Å²) in [6.07, 6.45) is 1.85. The number of hydrogen-bond donors (Lipinski definition) is 1. The summed E-state index contributed by atoms with van der Waals surface area (Å²) in [6.45, 7) is 5.92. The van der Waals surface area contributed by atoms with E-state index >= 15 is 0 Å². The number of non-ortho nitro benzene ring substituents is 1. The largest absolute Gasteiger partial charge is 0.507 e. The Balaban J connectivity index is 1.85. The lowest BCUT2D eigenvalue weighted by Gasteiger charge is -2.22. The first-order chi connectivity index (χ1) is 19.2. The summed E-state index contributed by atoms with van der Waals surface area (Å²) in [5.41, 5.74) is 0.213. The number of aliphatic hydroxyl groups excluding tert-OH is 1. The number of carbonyl (C=O) groups is 3. The van der Waals surface area contributed by atoms with Gasteiger partial charge < -0.3 is 14.6 Å². The highest BCUT2D eigenvalue weighted by atomic mass is 32.1. The second-order valence-corrected chi connectivity index (χ2v) is 9.86. The number of rotatable bonds is 10. The number of benzene rings is 2. The SMILES string of the molecule is CCCCOc1ccc(/C(O)=C2\C(=O)C(=O)N(c3nc(C)c(C(=O)OCC)s3)C2c2cccc([N+](=O)[O-])c2)cc1. The van der Waals surface area contributed by atoms with Gasteiger partial charge in [0.2, 0.25) is 0 Å². The van der Waals surface area contributed by atoms with E-state index in [1.54, 1.807) is 38.1 Å². The molecule has 1 unspecified atom stereocenters. The highest BCUT2D eigenvalue weighted by Gasteiger charge is 2.48. The zero-order valence-corrected chi connectivity index (χ0v) is 22.9. The van der Waals surface area contributed by atoms with Gasteiger partial charge in [-0.3, -0.25) is 24.6 Å². The molecule has 1 atom stereocenters. The molecule has 0 bridgehead atoms. The van der Waals surface area contributed by atoms with E-state index in [0.29, 0.717) is 12.4 Å². The smallest absolute Gasteiger partial charge is 0.350 e. The zero-order valence-electron chi connectivity index (χ0n) is 22.1. The van der Waals surface area contributed by atoms with Crippen LogP contribution in [0.5, 0.6) is 5.75 Å². The van der Waals surface area contributed by atoms with Gasteiger partial charge in [0.1, 0.15) is 16.4 Å². The second-order valence-electron chi connectivity index (χ2n) is 8.88. The van der Waals surface area contributed by atoms with Crippen molar-refractivity contribution in [2.45, 2.75) is 39.7 Å². The van der Waals surface area contributed by atoms with Gasteiger partial charge in [-0.1, -0.05) is 36.8 Å². The van der Waals surface area contributed by atoms with Crippen molar-refractivity contribution in [3.63, 3.8) is 0 Å². The molecule has 1 fully saturated rings. The third kappa shape index (κ3) is 5.57. The Bertz CT molecular complexity index is 1500. The molecule has 1 aromatic heterocycles. The number of carbonyl (C=O) groups excluding carboxylic acids is 3. The Kier molecular flexibility index (Phi) is 8.58. The number of ether oxygens (including phenoxy) is 2. The fourth-order valence-corrected chi connectivity index (χ4v) is 5.21. The number of esters is 1. The van der Waals surface area contributed by atoms with Crippen molar-refractivity contribution in [2.75, 3.05) is 18.1 Å². The maximum absolute atomic E-state index is 13.4. The minimum atomic E-state index is -1.25. The predicted octanol–water partition coefficient (Wildman–Crippen LogP) is 5.34. The van der Waals surface area contributed by atoms with Crippen molar-refractivity contribution in [3.05, 3.63) is 85.9 Å². The molecule has 1 saturated heterocycles. The van der Waals surface area contributed by atoms with Crippen LogP contribution in [-0.2, 0) is 14.3 Å². The number of aromatic nitrogens is 1. The highest BCUT2D eigenvalue weighted by molar-refractivity contribution is 7.17. The molecule has 1 N–H and O–H groups in total. The van der Waals surface area contributed by atoms with Crippen molar-refractivity contribution >= 4 is 45.6 Å². The molecule has 1 aliphatic rings. The van der Waals surface area contributed by atoms with E-state index in [4.69, 9.17) is 9.47 Å². The van der Waals surface area contributed by atoms with Crippen LogP contribution in [0.1, 0.15) is 59.2 Å². The average molecular weight is 566 g/mol. The number of unbranched alkanes of at least 4 members (excludes halogenated alkanes) is 1. The molecule has 208 valence electrons. The van der Waals surface area contributed by atoms with Gasteiger partial charge in [-0.05, 0) is 50.1 Å². The molecule has 4 rings (SSSR count). The van der Waals surface area contributed by atoms with E-state index in [2.05, 4.69) is 4.98 Å². The normalized spacial score (nSPS) is 16.3. The fourth-order valence-electron chi connectivity index (χ4n) is 4.22. The number of anilines is 1. The Hall–Kier alpha value is -4.58. The van der Waals surface area contributed by atoms with Gasteiger partial charge in [0.15, 0.2) is 5.13 Å². The van der Waals surface area contributed by atoms with Crippen LogP contribution in [0, 0.1) is 17.0 Å². The number of nitrogens with zero attached hydrogens (tertiary/aromatic N) is 3. The van der Waals surface area contributed by atoms with Crippen molar-refractivity contribution in [1.82, 2.24) is 4.98 Å². The molecule has 2 heterocycles. The Morgan fingerprint density at radius 3 is 2.55 bits per heavy atom. The molecular formula is C28H27N3O8S. The molecule has 2 aromatic carbocycles. The van der Waals surface area contributed by atoms with Crippen LogP contribution in [-0.4, -0.2) is 45.9 Å². The van der Waals surface area contributed by atoms with Crippen LogP contribution in [0.3, 0.4) is 0 Å². The number of amides is 1. The third-order valence-electron chi connectivity index (χ3n) is 6.19. The van der Waals surface area contributed by atoms with E-state index < -0.39 is 34.4 Å². The first kappa shape index (κ1) is 28.4. The van der Waals surface area contributed by atoms with Gasteiger partial charge in [-0.25, -0.2) is 9.78 Å². The molecule has 11 nitrogen and oxygen atoms in total. The Morgan fingerprint density at radius 2 is 1.90 bits per heavy atom. The molecule has 12 heteroatoms. The van der Waals surface area contributed by atoms with Gasteiger partial charge in [0, 0.05) is 17.7 Å². The number of nitro groups is 1.